The molecule has 1 amide bonds. The molecule has 1 heterocycles. The minimum absolute atomic E-state index is 0.197. The van der Waals surface area contributed by atoms with Crippen molar-refractivity contribution in [2.45, 2.75) is 58.8 Å². The van der Waals surface area contributed by atoms with Crippen LogP contribution in [-0.2, 0) is 11.2 Å². The van der Waals surface area contributed by atoms with E-state index in [0.717, 1.165) is 77.9 Å². The van der Waals surface area contributed by atoms with E-state index in [0.29, 0.717) is 29.7 Å². The molecule has 0 radical (unpaired) electrons. The molecule has 2 aliphatic carbocycles. The van der Waals surface area contributed by atoms with E-state index in [1.807, 2.05) is 70.2 Å². The quantitative estimate of drug-likeness (QED) is 0.183. The topological polar surface area (TPSA) is 89.8 Å². The summed E-state index contributed by atoms with van der Waals surface area (Å²) in [4.78, 5) is 13.8. The molecule has 45 heavy (non-hydrogen) atoms. The van der Waals surface area contributed by atoms with Crippen LogP contribution in [0, 0.1) is 13.8 Å². The van der Waals surface area contributed by atoms with Crippen molar-refractivity contribution in [3.63, 3.8) is 0 Å². The average Bonchev–Trinajstić information content (AvgIpc) is 3.37. The van der Waals surface area contributed by atoms with Crippen molar-refractivity contribution >= 4 is 17.2 Å². The smallest absolute Gasteiger partial charge is 0.256 e. The zero-order valence-electron chi connectivity index (χ0n) is 26.0. The van der Waals surface area contributed by atoms with Gasteiger partial charge in [0.2, 0.25) is 0 Å². The number of nitrogens with one attached hydrogen (secondary N) is 1. The molecule has 3 atom stereocenters. The molecular weight excluding hydrogens is 558 g/mol. The van der Waals surface area contributed by atoms with Crippen LogP contribution in [0.25, 0.3) is 33.5 Å². The summed E-state index contributed by atoms with van der Waals surface area (Å²) in [6.45, 7) is 12.2. The van der Waals surface area contributed by atoms with Crippen molar-refractivity contribution in [2.75, 3.05) is 0 Å². The first-order chi connectivity index (χ1) is 21.6. The van der Waals surface area contributed by atoms with Gasteiger partial charge in [-0.3, -0.25) is 4.79 Å². The van der Waals surface area contributed by atoms with Gasteiger partial charge in [-0.15, -0.1) is 0 Å². The molecule has 7 rings (SSSR count). The van der Waals surface area contributed by atoms with E-state index in [1.54, 1.807) is 0 Å². The standard InChI is InChI=1S/C40H37NO4/c1-6-26(23-9-14-30-29-12-8-22(5)16-32(29)38(43)39(44)33(30)18-23)36-35(20(2)3)37(41-40(36)45)24-10-13-27-25(17-24)19-34(42)31-15-21(4)7-11-28(27)31/h7-18,34,38-39,42-44H,2,6,19H2,1,3-5H3,(H,41,45)/b36-26-. The summed E-state index contributed by atoms with van der Waals surface area (Å²) >= 11 is 0. The fourth-order valence-electron chi connectivity index (χ4n) is 7.39. The summed E-state index contributed by atoms with van der Waals surface area (Å²) in [6, 6.07) is 24.2. The van der Waals surface area contributed by atoms with Crippen molar-refractivity contribution < 1.29 is 20.1 Å². The maximum atomic E-state index is 13.8. The van der Waals surface area contributed by atoms with Gasteiger partial charge in [-0.05, 0) is 106 Å². The molecule has 0 aromatic heterocycles. The molecule has 0 spiro atoms. The number of amides is 1. The fraction of sp³-hybridized carbons (Fsp3) is 0.225. The number of carbonyl (C=O) groups is 1. The highest BCUT2D eigenvalue weighted by Gasteiger charge is 2.35. The lowest BCUT2D eigenvalue weighted by molar-refractivity contribution is -0.115. The minimum atomic E-state index is -1.08. The monoisotopic (exact) mass is 595 g/mol. The van der Waals surface area contributed by atoms with Gasteiger partial charge in [0.25, 0.3) is 5.91 Å². The Morgan fingerprint density at radius 2 is 1.38 bits per heavy atom. The molecule has 3 unspecified atom stereocenters. The summed E-state index contributed by atoms with van der Waals surface area (Å²) in [5.74, 6) is -0.197. The van der Waals surface area contributed by atoms with Gasteiger partial charge in [0.05, 0.1) is 17.4 Å². The normalized spacial score (nSPS) is 21.0. The lowest BCUT2D eigenvalue weighted by Gasteiger charge is -2.30. The molecule has 0 bridgehead atoms. The van der Waals surface area contributed by atoms with Crippen molar-refractivity contribution in [1.82, 2.24) is 5.32 Å². The first-order valence-electron chi connectivity index (χ1n) is 15.6. The number of aliphatic hydroxyl groups excluding tert-OH is 3. The largest absolute Gasteiger partial charge is 0.388 e. The van der Waals surface area contributed by atoms with Crippen LogP contribution in [0.5, 0.6) is 0 Å². The Hall–Kier alpha value is -4.55. The minimum Gasteiger partial charge on any atom is -0.388 e. The van der Waals surface area contributed by atoms with Crippen LogP contribution < -0.4 is 5.32 Å². The summed E-state index contributed by atoms with van der Waals surface area (Å²) < 4.78 is 0. The second-order valence-corrected chi connectivity index (χ2v) is 12.7. The van der Waals surface area contributed by atoms with Gasteiger partial charge in [0.1, 0.15) is 12.2 Å². The van der Waals surface area contributed by atoms with E-state index < -0.39 is 18.3 Å². The van der Waals surface area contributed by atoms with Crippen molar-refractivity contribution in [2.24, 2.45) is 0 Å². The predicted molar refractivity (Wildman–Crippen MR) is 179 cm³/mol. The number of hydrogen-bond acceptors (Lipinski definition) is 4. The Morgan fingerprint density at radius 1 is 0.800 bits per heavy atom. The number of rotatable bonds is 4. The number of benzene rings is 4. The zero-order valence-corrected chi connectivity index (χ0v) is 26.0. The van der Waals surface area contributed by atoms with Crippen LogP contribution in [0.1, 0.15) is 83.1 Å². The van der Waals surface area contributed by atoms with Crippen LogP contribution in [-0.4, -0.2) is 21.2 Å². The molecule has 0 saturated carbocycles. The molecule has 0 fully saturated rings. The van der Waals surface area contributed by atoms with Crippen LogP contribution in [0.4, 0.5) is 0 Å². The molecule has 0 saturated heterocycles. The maximum Gasteiger partial charge on any atom is 0.256 e. The van der Waals surface area contributed by atoms with E-state index >= 15 is 0 Å². The molecule has 4 aromatic carbocycles. The Kier molecular flexibility index (Phi) is 7.01. The number of carbonyl (C=O) groups excluding carboxylic acids is 1. The molecule has 1 aliphatic heterocycles. The molecule has 5 heteroatoms. The molecule has 226 valence electrons. The van der Waals surface area contributed by atoms with E-state index in [4.69, 9.17) is 0 Å². The Balaban J connectivity index is 1.35. The Bertz CT molecular complexity index is 2010. The second-order valence-electron chi connectivity index (χ2n) is 12.7. The highest BCUT2D eigenvalue weighted by atomic mass is 16.3. The van der Waals surface area contributed by atoms with Crippen molar-refractivity contribution in [3.05, 3.63) is 141 Å². The van der Waals surface area contributed by atoms with Gasteiger partial charge in [-0.1, -0.05) is 85.3 Å². The van der Waals surface area contributed by atoms with Gasteiger partial charge in [0, 0.05) is 12.0 Å². The molecule has 4 aromatic rings. The van der Waals surface area contributed by atoms with Crippen LogP contribution in [0.2, 0.25) is 0 Å². The van der Waals surface area contributed by atoms with E-state index in [9.17, 15) is 20.1 Å². The third-order valence-electron chi connectivity index (χ3n) is 9.54. The number of aryl methyl sites for hydroxylation is 2. The first kappa shape index (κ1) is 29.2. The fourth-order valence-corrected chi connectivity index (χ4v) is 7.39. The predicted octanol–water partition coefficient (Wildman–Crippen LogP) is 7.59. The second kappa shape index (κ2) is 10.8. The summed E-state index contributed by atoms with van der Waals surface area (Å²) in [5.41, 5.74) is 14.8. The van der Waals surface area contributed by atoms with Crippen LogP contribution in [0.15, 0.2) is 96.1 Å². The molecular formula is C40H37NO4. The summed E-state index contributed by atoms with van der Waals surface area (Å²) in [6.07, 6.45) is -1.64. The SMILES string of the molecule is C=C(C)C1=C(c2ccc3c(c2)CC(O)c2cc(C)ccc2-3)NC(=O)/C1=C(/CC)c1ccc2c(c1)C(O)C(O)c1cc(C)ccc1-2. The Labute approximate surface area is 263 Å². The van der Waals surface area contributed by atoms with Crippen LogP contribution >= 0.6 is 0 Å². The highest BCUT2D eigenvalue weighted by Crippen LogP contribution is 2.47. The summed E-state index contributed by atoms with van der Waals surface area (Å²) in [7, 11) is 0. The zero-order chi connectivity index (χ0) is 31.7. The van der Waals surface area contributed by atoms with Crippen molar-refractivity contribution in [3.8, 4) is 22.3 Å². The van der Waals surface area contributed by atoms with Gasteiger partial charge in [-0.2, -0.15) is 0 Å². The van der Waals surface area contributed by atoms with Gasteiger partial charge >= 0.3 is 0 Å². The highest BCUT2D eigenvalue weighted by molar-refractivity contribution is 6.16. The number of aliphatic hydroxyl groups is 3. The lowest BCUT2D eigenvalue weighted by Crippen LogP contribution is -2.18. The van der Waals surface area contributed by atoms with Crippen LogP contribution in [0.3, 0.4) is 0 Å². The molecule has 5 nitrogen and oxygen atoms in total. The third kappa shape index (κ3) is 4.62. The summed E-state index contributed by atoms with van der Waals surface area (Å²) in [5, 5.41) is 36.4. The lowest BCUT2D eigenvalue weighted by atomic mass is 9.79. The number of allylic oxidation sites excluding steroid dienone is 2. The van der Waals surface area contributed by atoms with Gasteiger partial charge < -0.3 is 20.6 Å². The first-order valence-corrected chi connectivity index (χ1v) is 15.6. The van der Waals surface area contributed by atoms with E-state index in [1.165, 1.54) is 0 Å². The maximum absolute atomic E-state index is 13.8. The average molecular weight is 596 g/mol. The number of hydrogen-bond donors (Lipinski definition) is 4. The Morgan fingerprint density at radius 3 is 2.02 bits per heavy atom. The van der Waals surface area contributed by atoms with Gasteiger partial charge in [-0.25, -0.2) is 0 Å². The van der Waals surface area contributed by atoms with Gasteiger partial charge in [0.15, 0.2) is 0 Å². The van der Waals surface area contributed by atoms with Crippen molar-refractivity contribution in [1.29, 1.82) is 0 Å². The molecule has 4 N–H and O–H groups in total. The van der Waals surface area contributed by atoms with E-state index in [-0.39, 0.29) is 5.91 Å². The molecule has 3 aliphatic rings. The number of fused-ring (bicyclic) bond motifs is 6. The third-order valence-corrected chi connectivity index (χ3v) is 9.54. The van der Waals surface area contributed by atoms with E-state index in [2.05, 4.69) is 42.2 Å².